The number of aromatic nitrogens is 2. The molecule has 2 unspecified atom stereocenters. The molecule has 4 nitrogen and oxygen atoms in total. The van der Waals surface area contributed by atoms with Crippen LogP contribution in [-0.4, -0.2) is 27.2 Å². The lowest BCUT2D eigenvalue weighted by Gasteiger charge is -2.28. The van der Waals surface area contributed by atoms with E-state index in [9.17, 15) is 5.11 Å². The number of nitrogen functional groups attached to an aromatic ring is 1. The van der Waals surface area contributed by atoms with Crippen LogP contribution in [0.3, 0.4) is 0 Å². The van der Waals surface area contributed by atoms with E-state index in [0.29, 0.717) is 5.82 Å². The molecule has 1 aromatic rings. The van der Waals surface area contributed by atoms with Gasteiger partial charge in [0.05, 0.1) is 23.2 Å². The molecule has 0 amide bonds. The summed E-state index contributed by atoms with van der Waals surface area (Å²) < 4.78 is 1.79. The van der Waals surface area contributed by atoms with Gasteiger partial charge in [-0.15, -0.1) is 11.8 Å². The summed E-state index contributed by atoms with van der Waals surface area (Å²) in [5, 5.41) is 14.2. The van der Waals surface area contributed by atoms with Crippen molar-refractivity contribution >= 4 is 17.6 Å². The van der Waals surface area contributed by atoms with Gasteiger partial charge in [-0.1, -0.05) is 12.8 Å². The van der Waals surface area contributed by atoms with Crippen LogP contribution < -0.4 is 5.73 Å². The third kappa shape index (κ3) is 1.99. The summed E-state index contributed by atoms with van der Waals surface area (Å²) >= 11 is 1.59. The Labute approximate surface area is 93.8 Å². The number of hydrogen-bond donors (Lipinski definition) is 2. The van der Waals surface area contributed by atoms with E-state index in [-0.39, 0.29) is 12.1 Å². The number of nitrogens with two attached hydrogens (primary N) is 1. The Morgan fingerprint density at radius 1 is 1.53 bits per heavy atom. The van der Waals surface area contributed by atoms with Crippen LogP contribution in [0.15, 0.2) is 11.1 Å². The van der Waals surface area contributed by atoms with E-state index in [1.54, 1.807) is 22.6 Å². The minimum absolute atomic E-state index is 0.0691. The van der Waals surface area contributed by atoms with Gasteiger partial charge in [0.1, 0.15) is 5.82 Å². The Morgan fingerprint density at radius 3 is 2.87 bits per heavy atom. The van der Waals surface area contributed by atoms with Crippen LogP contribution in [0.4, 0.5) is 5.82 Å². The van der Waals surface area contributed by atoms with E-state index < -0.39 is 0 Å². The first-order chi connectivity index (χ1) is 7.24. The van der Waals surface area contributed by atoms with Crippen molar-refractivity contribution in [3.63, 3.8) is 0 Å². The van der Waals surface area contributed by atoms with Crippen molar-refractivity contribution in [1.82, 2.24) is 9.78 Å². The first-order valence-electron chi connectivity index (χ1n) is 5.29. The second-order valence-corrected chi connectivity index (χ2v) is 4.81. The fourth-order valence-corrected chi connectivity index (χ4v) is 2.61. The number of hydrogen-bond acceptors (Lipinski definition) is 4. The summed E-state index contributed by atoms with van der Waals surface area (Å²) in [7, 11) is 0. The van der Waals surface area contributed by atoms with Crippen LogP contribution in [0.1, 0.15) is 31.7 Å². The molecule has 2 atom stereocenters. The maximum absolute atomic E-state index is 9.91. The molecule has 0 bridgehead atoms. The maximum atomic E-state index is 9.91. The number of aliphatic hydroxyl groups excluding tert-OH is 1. The fourth-order valence-electron chi connectivity index (χ4n) is 2.15. The highest BCUT2D eigenvalue weighted by molar-refractivity contribution is 7.98. The Balaban J connectivity index is 2.23. The quantitative estimate of drug-likeness (QED) is 0.754. The SMILES string of the molecule is CSc1cnn(C2CCCCC2O)c1N. The van der Waals surface area contributed by atoms with Crippen molar-refractivity contribution in [2.24, 2.45) is 0 Å². The van der Waals surface area contributed by atoms with Crippen LogP contribution in [0, 0.1) is 0 Å². The van der Waals surface area contributed by atoms with Gasteiger partial charge in [0.25, 0.3) is 0 Å². The van der Waals surface area contributed by atoms with Crippen LogP contribution in [0.5, 0.6) is 0 Å². The third-order valence-corrected chi connectivity index (χ3v) is 3.78. The topological polar surface area (TPSA) is 64.1 Å². The third-order valence-electron chi connectivity index (χ3n) is 3.03. The normalized spacial score (nSPS) is 26.8. The molecule has 1 fully saturated rings. The van der Waals surface area contributed by atoms with Gasteiger partial charge in [-0.3, -0.25) is 0 Å². The Kier molecular flexibility index (Phi) is 3.21. The molecular weight excluding hydrogens is 210 g/mol. The molecular formula is C10H17N3OS. The van der Waals surface area contributed by atoms with Gasteiger partial charge in [0, 0.05) is 0 Å². The molecule has 3 N–H and O–H groups in total. The zero-order valence-corrected chi connectivity index (χ0v) is 9.70. The molecule has 0 spiro atoms. The van der Waals surface area contributed by atoms with Gasteiger partial charge in [-0.2, -0.15) is 5.10 Å². The van der Waals surface area contributed by atoms with Crippen LogP contribution in [0.25, 0.3) is 0 Å². The van der Waals surface area contributed by atoms with Crippen molar-refractivity contribution in [3.05, 3.63) is 6.20 Å². The Morgan fingerprint density at radius 2 is 2.27 bits per heavy atom. The standard InChI is InChI=1S/C10H17N3OS/c1-15-9-6-12-13(10(9)11)7-4-2-3-5-8(7)14/h6-8,14H,2-5,11H2,1H3. The molecule has 15 heavy (non-hydrogen) atoms. The Hall–Kier alpha value is -0.680. The molecule has 1 aliphatic carbocycles. The zero-order valence-electron chi connectivity index (χ0n) is 8.89. The molecule has 1 aromatic heterocycles. The molecule has 0 aromatic carbocycles. The summed E-state index contributed by atoms with van der Waals surface area (Å²) in [4.78, 5) is 0.993. The summed E-state index contributed by atoms with van der Waals surface area (Å²) in [5.74, 6) is 0.688. The number of rotatable bonds is 2. The largest absolute Gasteiger partial charge is 0.391 e. The van der Waals surface area contributed by atoms with Gasteiger partial charge in [0.2, 0.25) is 0 Å². The van der Waals surface area contributed by atoms with E-state index in [1.165, 1.54) is 0 Å². The van der Waals surface area contributed by atoms with Gasteiger partial charge in [0.15, 0.2) is 0 Å². The first-order valence-corrected chi connectivity index (χ1v) is 6.51. The minimum atomic E-state index is -0.296. The van der Waals surface area contributed by atoms with Crippen LogP contribution in [0.2, 0.25) is 0 Å². The molecule has 0 aliphatic heterocycles. The van der Waals surface area contributed by atoms with Crippen LogP contribution in [-0.2, 0) is 0 Å². The molecule has 84 valence electrons. The maximum Gasteiger partial charge on any atom is 0.135 e. The van der Waals surface area contributed by atoms with Gasteiger partial charge >= 0.3 is 0 Å². The van der Waals surface area contributed by atoms with Gasteiger partial charge in [-0.05, 0) is 19.1 Å². The predicted molar refractivity (Wildman–Crippen MR) is 61.9 cm³/mol. The molecule has 0 saturated heterocycles. The number of thioether (sulfide) groups is 1. The second kappa shape index (κ2) is 4.45. The lowest BCUT2D eigenvalue weighted by atomic mass is 9.93. The van der Waals surface area contributed by atoms with E-state index in [2.05, 4.69) is 5.10 Å². The van der Waals surface area contributed by atoms with Crippen LogP contribution >= 0.6 is 11.8 Å². The van der Waals surface area contributed by atoms with Crippen molar-refractivity contribution < 1.29 is 5.11 Å². The predicted octanol–water partition coefficient (Wildman–Crippen LogP) is 1.66. The first kappa shape index (κ1) is 10.8. The van der Waals surface area contributed by atoms with Crippen molar-refractivity contribution in [2.45, 2.75) is 42.7 Å². The monoisotopic (exact) mass is 227 g/mol. The highest BCUT2D eigenvalue weighted by Crippen LogP contribution is 2.32. The van der Waals surface area contributed by atoms with E-state index >= 15 is 0 Å². The van der Waals surface area contributed by atoms with Crippen molar-refractivity contribution in [3.8, 4) is 0 Å². The number of nitrogens with zero attached hydrogens (tertiary/aromatic N) is 2. The summed E-state index contributed by atoms with van der Waals surface area (Å²) in [6.45, 7) is 0. The second-order valence-electron chi connectivity index (χ2n) is 3.96. The highest BCUT2D eigenvalue weighted by atomic mass is 32.2. The summed E-state index contributed by atoms with van der Waals surface area (Å²) in [6, 6.07) is 0.0691. The van der Waals surface area contributed by atoms with E-state index in [1.807, 2.05) is 6.26 Å². The number of anilines is 1. The molecule has 0 radical (unpaired) electrons. The number of aliphatic hydroxyl groups is 1. The Bertz CT molecular complexity index is 339. The van der Waals surface area contributed by atoms with Crippen molar-refractivity contribution in [2.75, 3.05) is 12.0 Å². The van der Waals surface area contributed by atoms with E-state index in [4.69, 9.17) is 5.73 Å². The van der Waals surface area contributed by atoms with Crippen molar-refractivity contribution in [1.29, 1.82) is 0 Å². The molecule has 1 saturated carbocycles. The van der Waals surface area contributed by atoms with Gasteiger partial charge < -0.3 is 10.8 Å². The van der Waals surface area contributed by atoms with Gasteiger partial charge in [-0.25, -0.2) is 4.68 Å². The molecule has 2 rings (SSSR count). The lowest BCUT2D eigenvalue weighted by molar-refractivity contribution is 0.0705. The molecule has 5 heteroatoms. The van der Waals surface area contributed by atoms with E-state index in [0.717, 1.165) is 30.6 Å². The summed E-state index contributed by atoms with van der Waals surface area (Å²) in [5.41, 5.74) is 5.98. The molecule has 1 heterocycles. The average Bonchev–Trinajstić information content (AvgIpc) is 2.60. The smallest absolute Gasteiger partial charge is 0.135 e. The summed E-state index contributed by atoms with van der Waals surface area (Å²) in [6.07, 6.45) is 7.55. The lowest BCUT2D eigenvalue weighted by Crippen LogP contribution is -2.29. The zero-order chi connectivity index (χ0) is 10.8. The molecule has 1 aliphatic rings. The fraction of sp³-hybridized carbons (Fsp3) is 0.700. The highest BCUT2D eigenvalue weighted by Gasteiger charge is 2.27. The minimum Gasteiger partial charge on any atom is -0.391 e. The average molecular weight is 227 g/mol.